The van der Waals surface area contributed by atoms with Gasteiger partial charge in [0.1, 0.15) is 0 Å². The SMILES string of the molecule is Cc1cc(I)ccc1NC(=O)CC(C)(C)C(=O)O. The minimum absolute atomic E-state index is 0.0479. The van der Waals surface area contributed by atoms with E-state index in [1.54, 1.807) is 0 Å². The molecule has 5 heteroatoms. The summed E-state index contributed by atoms with van der Waals surface area (Å²) in [5, 5.41) is 11.7. The van der Waals surface area contributed by atoms with Crippen molar-refractivity contribution in [3.05, 3.63) is 27.3 Å². The molecule has 0 spiro atoms. The van der Waals surface area contributed by atoms with E-state index in [4.69, 9.17) is 5.11 Å². The van der Waals surface area contributed by atoms with Crippen LogP contribution in [-0.4, -0.2) is 17.0 Å². The molecule has 0 aliphatic rings. The number of halogens is 1. The number of aliphatic carboxylic acids is 1. The summed E-state index contributed by atoms with van der Waals surface area (Å²) in [6, 6.07) is 5.67. The number of anilines is 1. The van der Waals surface area contributed by atoms with Crippen LogP contribution in [0.1, 0.15) is 25.8 Å². The van der Waals surface area contributed by atoms with Crippen molar-refractivity contribution in [1.29, 1.82) is 0 Å². The van der Waals surface area contributed by atoms with Crippen LogP contribution in [0.3, 0.4) is 0 Å². The Morgan fingerprint density at radius 2 is 2.00 bits per heavy atom. The molecular formula is C13H16INO3. The first-order chi connectivity index (χ1) is 8.22. The first-order valence-electron chi connectivity index (χ1n) is 5.52. The third kappa shape index (κ3) is 3.97. The van der Waals surface area contributed by atoms with Crippen molar-refractivity contribution in [3.63, 3.8) is 0 Å². The van der Waals surface area contributed by atoms with Crippen molar-refractivity contribution in [2.75, 3.05) is 5.32 Å². The second kappa shape index (κ2) is 5.69. The number of hydrogen-bond donors (Lipinski definition) is 2. The standard InChI is InChI=1S/C13H16INO3/c1-8-6-9(14)4-5-10(8)15-11(16)7-13(2,3)12(17)18/h4-6H,7H2,1-3H3,(H,15,16)(H,17,18). The fourth-order valence-corrected chi connectivity index (χ4v) is 2.09. The molecule has 1 aromatic rings. The fourth-order valence-electron chi connectivity index (χ4n) is 1.44. The van der Waals surface area contributed by atoms with E-state index in [2.05, 4.69) is 27.9 Å². The van der Waals surface area contributed by atoms with Crippen molar-refractivity contribution in [2.24, 2.45) is 5.41 Å². The van der Waals surface area contributed by atoms with Gasteiger partial charge >= 0.3 is 5.97 Å². The summed E-state index contributed by atoms with van der Waals surface area (Å²) in [5.41, 5.74) is 0.631. The summed E-state index contributed by atoms with van der Waals surface area (Å²) in [5.74, 6) is -1.26. The quantitative estimate of drug-likeness (QED) is 0.811. The van der Waals surface area contributed by atoms with Crippen molar-refractivity contribution in [1.82, 2.24) is 0 Å². The first-order valence-corrected chi connectivity index (χ1v) is 6.59. The van der Waals surface area contributed by atoms with E-state index in [0.717, 1.165) is 14.8 Å². The normalized spacial score (nSPS) is 11.1. The number of carbonyl (C=O) groups excluding carboxylic acids is 1. The van der Waals surface area contributed by atoms with Gasteiger partial charge in [-0.15, -0.1) is 0 Å². The van der Waals surface area contributed by atoms with Crippen LogP contribution in [-0.2, 0) is 9.59 Å². The first kappa shape index (κ1) is 14.9. The number of nitrogens with one attached hydrogen (secondary N) is 1. The lowest BCUT2D eigenvalue weighted by atomic mass is 9.89. The molecule has 0 heterocycles. The largest absolute Gasteiger partial charge is 0.481 e. The fraction of sp³-hybridized carbons (Fsp3) is 0.385. The lowest BCUT2D eigenvalue weighted by molar-refractivity contribution is -0.148. The predicted octanol–water partition coefficient (Wildman–Crippen LogP) is 3.04. The van der Waals surface area contributed by atoms with Gasteiger partial charge in [0.05, 0.1) is 5.41 Å². The Bertz CT molecular complexity index is 483. The van der Waals surface area contributed by atoms with Crippen LogP contribution >= 0.6 is 22.6 Å². The molecule has 18 heavy (non-hydrogen) atoms. The van der Waals surface area contributed by atoms with Crippen LogP contribution in [0.25, 0.3) is 0 Å². The van der Waals surface area contributed by atoms with Crippen LogP contribution in [0.2, 0.25) is 0 Å². The zero-order valence-electron chi connectivity index (χ0n) is 10.6. The molecule has 0 unspecified atom stereocenters. The molecular weight excluding hydrogens is 345 g/mol. The Morgan fingerprint density at radius 1 is 1.39 bits per heavy atom. The van der Waals surface area contributed by atoms with Crippen molar-refractivity contribution < 1.29 is 14.7 Å². The number of hydrogen-bond acceptors (Lipinski definition) is 2. The van der Waals surface area contributed by atoms with Crippen LogP contribution in [0.15, 0.2) is 18.2 Å². The molecule has 1 amide bonds. The maximum absolute atomic E-state index is 11.8. The Morgan fingerprint density at radius 3 is 2.50 bits per heavy atom. The molecule has 98 valence electrons. The zero-order valence-corrected chi connectivity index (χ0v) is 12.7. The molecule has 2 N–H and O–H groups in total. The van der Waals surface area contributed by atoms with E-state index in [-0.39, 0.29) is 12.3 Å². The number of carboxylic acid groups (broad SMARTS) is 1. The third-order valence-electron chi connectivity index (χ3n) is 2.64. The van der Waals surface area contributed by atoms with Gasteiger partial charge in [0.2, 0.25) is 5.91 Å². The van der Waals surface area contributed by atoms with Gasteiger partial charge < -0.3 is 10.4 Å². The number of amides is 1. The summed E-state index contributed by atoms with van der Waals surface area (Å²) in [7, 11) is 0. The lowest BCUT2D eigenvalue weighted by Gasteiger charge is -2.18. The second-order valence-corrected chi connectivity index (χ2v) is 6.12. The van der Waals surface area contributed by atoms with Crippen molar-refractivity contribution in [3.8, 4) is 0 Å². The number of carboxylic acids is 1. The second-order valence-electron chi connectivity index (χ2n) is 4.87. The molecule has 0 fully saturated rings. The highest BCUT2D eigenvalue weighted by Gasteiger charge is 2.30. The smallest absolute Gasteiger partial charge is 0.309 e. The Hall–Kier alpha value is -1.11. The molecule has 0 bridgehead atoms. The van der Waals surface area contributed by atoms with E-state index in [1.165, 1.54) is 13.8 Å². The van der Waals surface area contributed by atoms with E-state index < -0.39 is 11.4 Å². The van der Waals surface area contributed by atoms with Crippen molar-refractivity contribution in [2.45, 2.75) is 27.2 Å². The van der Waals surface area contributed by atoms with Gasteiger partial charge in [-0.05, 0) is 67.1 Å². The van der Waals surface area contributed by atoms with Gasteiger partial charge in [0, 0.05) is 15.7 Å². The molecule has 0 saturated carbocycles. The zero-order chi connectivity index (χ0) is 13.9. The maximum atomic E-state index is 11.8. The van der Waals surface area contributed by atoms with E-state index in [0.29, 0.717) is 0 Å². The number of benzene rings is 1. The summed E-state index contributed by atoms with van der Waals surface area (Å²) in [6.07, 6.45) is -0.0479. The van der Waals surface area contributed by atoms with E-state index in [9.17, 15) is 9.59 Å². The molecule has 0 saturated heterocycles. The average molecular weight is 361 g/mol. The molecule has 1 rings (SSSR count). The van der Waals surface area contributed by atoms with Gasteiger partial charge in [-0.1, -0.05) is 0 Å². The minimum atomic E-state index is -1.05. The molecule has 0 radical (unpaired) electrons. The van der Waals surface area contributed by atoms with Gasteiger partial charge in [-0.3, -0.25) is 9.59 Å². The van der Waals surface area contributed by atoms with Gasteiger partial charge in [0.25, 0.3) is 0 Å². The minimum Gasteiger partial charge on any atom is -0.481 e. The third-order valence-corrected chi connectivity index (χ3v) is 3.31. The Kier molecular flexibility index (Phi) is 4.72. The average Bonchev–Trinajstić information content (AvgIpc) is 2.21. The van der Waals surface area contributed by atoms with E-state index in [1.807, 2.05) is 25.1 Å². The molecule has 0 aliphatic heterocycles. The number of rotatable bonds is 4. The predicted molar refractivity (Wildman–Crippen MR) is 78.6 cm³/mol. The summed E-state index contributed by atoms with van der Waals surface area (Å²) in [4.78, 5) is 22.7. The molecule has 1 aromatic carbocycles. The molecule has 0 atom stereocenters. The van der Waals surface area contributed by atoms with E-state index >= 15 is 0 Å². The van der Waals surface area contributed by atoms with Gasteiger partial charge in [0.15, 0.2) is 0 Å². The van der Waals surface area contributed by atoms with Gasteiger partial charge in [-0.25, -0.2) is 0 Å². The highest BCUT2D eigenvalue weighted by Crippen LogP contribution is 2.23. The maximum Gasteiger partial charge on any atom is 0.309 e. The molecule has 4 nitrogen and oxygen atoms in total. The molecule has 0 aromatic heterocycles. The molecule has 0 aliphatic carbocycles. The van der Waals surface area contributed by atoms with Crippen LogP contribution in [0, 0.1) is 15.9 Å². The van der Waals surface area contributed by atoms with Crippen LogP contribution < -0.4 is 5.32 Å². The summed E-state index contributed by atoms with van der Waals surface area (Å²) < 4.78 is 1.09. The van der Waals surface area contributed by atoms with Crippen molar-refractivity contribution >= 4 is 40.2 Å². The highest BCUT2D eigenvalue weighted by atomic mass is 127. The summed E-state index contributed by atoms with van der Waals surface area (Å²) >= 11 is 2.20. The van der Waals surface area contributed by atoms with Gasteiger partial charge in [-0.2, -0.15) is 0 Å². The Balaban J connectivity index is 2.74. The topological polar surface area (TPSA) is 66.4 Å². The Labute approximate surface area is 120 Å². The monoisotopic (exact) mass is 361 g/mol. The lowest BCUT2D eigenvalue weighted by Crippen LogP contribution is -2.29. The number of aryl methyl sites for hydroxylation is 1. The summed E-state index contributed by atoms with van der Waals surface area (Å²) in [6.45, 7) is 4.98. The van der Waals surface area contributed by atoms with Crippen LogP contribution in [0.5, 0.6) is 0 Å². The number of carbonyl (C=O) groups is 2. The highest BCUT2D eigenvalue weighted by molar-refractivity contribution is 14.1. The van der Waals surface area contributed by atoms with Crippen LogP contribution in [0.4, 0.5) is 5.69 Å².